The van der Waals surface area contributed by atoms with Crippen LogP contribution >= 0.6 is 0 Å². The molecule has 0 saturated heterocycles. The van der Waals surface area contributed by atoms with Crippen LogP contribution in [0.1, 0.15) is 91.1 Å². The minimum absolute atomic E-state index is 0. The normalized spacial score (nSPS) is 14.8. The van der Waals surface area contributed by atoms with Crippen LogP contribution in [-0.2, 0) is 37.3 Å². The van der Waals surface area contributed by atoms with Gasteiger partial charge in [-0.25, -0.2) is 4.98 Å². The van der Waals surface area contributed by atoms with Crippen molar-refractivity contribution < 1.29 is 38.1 Å². The minimum Gasteiger partial charge on any atom is -0.509 e. The molecule has 78 heavy (non-hydrogen) atoms. The van der Waals surface area contributed by atoms with Gasteiger partial charge in [-0.1, -0.05) is 213 Å². The van der Waals surface area contributed by atoms with E-state index in [1.165, 1.54) is 12.1 Å². The van der Waals surface area contributed by atoms with E-state index in [-0.39, 0.29) is 32.0 Å². The Morgan fingerprint density at radius 1 is 0.474 bits per heavy atom. The van der Waals surface area contributed by atoms with Crippen LogP contribution in [0.4, 0.5) is 11.4 Å². The molecule has 0 spiro atoms. The molecule has 0 radical (unpaired) electrons. The number of ether oxygens (including phenoxy) is 1. The Kier molecular flexibility index (Phi) is 10.1. The van der Waals surface area contributed by atoms with Gasteiger partial charge >= 0.3 is 0 Å². The molecule has 0 aliphatic carbocycles. The molecule has 388 valence electrons. The first-order valence-electron chi connectivity index (χ1n) is 30.6. The Hall–Kier alpha value is -8.11. The van der Waals surface area contributed by atoms with Crippen molar-refractivity contribution in [3.8, 4) is 39.6 Å². The zero-order chi connectivity index (χ0) is 60.5. The molecule has 13 rings (SSSR count). The van der Waals surface area contributed by atoms with Crippen LogP contribution in [0.3, 0.4) is 0 Å². The van der Waals surface area contributed by atoms with E-state index in [9.17, 15) is 0 Å². The summed E-state index contributed by atoms with van der Waals surface area (Å²) in [5.41, 5.74) is 5.15. The summed E-state index contributed by atoms with van der Waals surface area (Å²) in [5.74, 6) is 1.70. The first kappa shape index (κ1) is 41.0. The van der Waals surface area contributed by atoms with Gasteiger partial charge in [0.05, 0.1) is 0 Å². The summed E-state index contributed by atoms with van der Waals surface area (Å²) in [6.07, 6.45) is 1.86. The van der Waals surface area contributed by atoms with Crippen LogP contribution in [-0.4, -0.2) is 14.1 Å². The van der Waals surface area contributed by atoms with Gasteiger partial charge in [-0.15, -0.1) is 35.7 Å². The van der Waals surface area contributed by atoms with Gasteiger partial charge in [0.25, 0.3) is 0 Å². The monoisotopic (exact) mass is 1200 g/mol. The molecule has 0 amide bonds. The summed E-state index contributed by atoms with van der Waals surface area (Å²) in [7, 11) is 0. The topological polar surface area (TPSA) is 35.2 Å². The molecule has 12 aromatic rings. The largest absolute Gasteiger partial charge is 0.509 e. The molecule has 0 fully saturated rings. The molecule has 0 bridgehead atoms. The number of hydrogen-bond donors (Lipinski definition) is 0. The van der Waals surface area contributed by atoms with Gasteiger partial charge in [0.15, 0.2) is 0 Å². The summed E-state index contributed by atoms with van der Waals surface area (Å²) in [5, 5.41) is 7.65. The second-order valence-electron chi connectivity index (χ2n) is 22.3. The molecule has 3 aromatic heterocycles. The Bertz CT molecular complexity index is 4740. The summed E-state index contributed by atoms with van der Waals surface area (Å²) in [4.78, 5) is 6.99. The quantitative estimate of drug-likeness (QED) is 0.156. The van der Waals surface area contributed by atoms with E-state index in [0.29, 0.717) is 39.4 Å². The third kappa shape index (κ3) is 8.79. The Balaban J connectivity index is 0.00000739. The van der Waals surface area contributed by atoms with Crippen LogP contribution < -0.4 is 9.64 Å². The van der Waals surface area contributed by atoms with Crippen molar-refractivity contribution in [1.29, 1.82) is 0 Å². The van der Waals surface area contributed by atoms with Crippen molar-refractivity contribution in [2.45, 2.75) is 78.3 Å². The number of aromatic nitrogens is 3. The standard InChI is InChI=1S/C72H61N4O.Pt/c1-70(2,3)49-35-36-73-67(42-49)76-64-32-18-17-29-60(64)61-34-33-54(44-65(61)76)77-53-24-19-23-52(43-53)74-45-75-68-55(48-37-50(71(4,5)6)41-51(38-48)72(7,8)9)30-20-31-62(68)58-27-15-13-25-56(58)57-26-14-16-28-59(57)63-39-47(40-66(74)69(63)75)46-21-11-10-12-22-46;/h10-42,45H,1-9H3;/q-3;/i4D3,5D3,6D3;. The maximum Gasteiger partial charge on any atom is 0.135 e. The SMILES string of the molecule is [2H]C([2H])([2H])C(c1cc(-c2cccc3c4ccccc4c4ccccc4c4cc(-c5ccccc5)cc5c4n(c23)[CH-]N5c2[c-]c(Oc3[c-]c4c(cc3)c3ccccc3n4-c3cc(C(C)(C)C)ccn3)ccc2)cc(C(C)(C)C)c1)(C([2H])([2H])[2H])C([2H])([2H])[2H].[Pt]. The molecule has 0 unspecified atom stereocenters. The second kappa shape index (κ2) is 19.1. The summed E-state index contributed by atoms with van der Waals surface area (Å²) >= 11 is 0. The summed E-state index contributed by atoms with van der Waals surface area (Å²) in [6, 6.07) is 71.7. The molecule has 6 heteroatoms. The number of hydrogen-bond acceptors (Lipinski definition) is 3. The van der Waals surface area contributed by atoms with E-state index < -0.39 is 31.4 Å². The smallest absolute Gasteiger partial charge is 0.135 e. The van der Waals surface area contributed by atoms with Crippen molar-refractivity contribution in [2.75, 3.05) is 4.90 Å². The maximum absolute atomic E-state index is 8.87. The van der Waals surface area contributed by atoms with E-state index in [4.69, 9.17) is 22.1 Å². The fraction of sp³-hybridized carbons (Fsp3) is 0.167. The predicted octanol–water partition coefficient (Wildman–Crippen LogP) is 19.5. The van der Waals surface area contributed by atoms with E-state index in [1.54, 1.807) is 0 Å². The van der Waals surface area contributed by atoms with E-state index in [0.717, 1.165) is 87.8 Å². The molecule has 5 nitrogen and oxygen atoms in total. The summed E-state index contributed by atoms with van der Waals surface area (Å²) < 4.78 is 90.9. The number of fused-ring (bicyclic) bond motifs is 10. The average Bonchev–Trinajstić information content (AvgIpc) is 1.20. The van der Waals surface area contributed by atoms with E-state index in [1.807, 2.05) is 125 Å². The van der Waals surface area contributed by atoms with Crippen LogP contribution in [0.15, 0.2) is 200 Å². The Morgan fingerprint density at radius 3 is 1.79 bits per heavy atom. The van der Waals surface area contributed by atoms with E-state index >= 15 is 0 Å². The predicted molar refractivity (Wildman–Crippen MR) is 324 cm³/mol. The van der Waals surface area contributed by atoms with Crippen molar-refractivity contribution in [3.63, 3.8) is 0 Å². The van der Waals surface area contributed by atoms with Crippen LogP contribution in [0, 0.1) is 18.8 Å². The van der Waals surface area contributed by atoms with Crippen LogP contribution in [0.5, 0.6) is 11.5 Å². The zero-order valence-electron chi connectivity index (χ0n) is 53.1. The number of para-hydroxylation sites is 2. The summed E-state index contributed by atoms with van der Waals surface area (Å²) in [6.45, 7) is 3.97. The maximum atomic E-state index is 8.87. The van der Waals surface area contributed by atoms with E-state index in [2.05, 4.69) is 138 Å². The van der Waals surface area contributed by atoms with Gasteiger partial charge in [0.1, 0.15) is 5.82 Å². The van der Waals surface area contributed by atoms with Gasteiger partial charge in [0.2, 0.25) is 0 Å². The second-order valence-corrected chi connectivity index (χ2v) is 22.3. The first-order chi connectivity index (χ1) is 40.8. The number of rotatable bonds is 6. The molecule has 0 saturated carbocycles. The number of pyridine rings is 1. The number of nitrogens with zero attached hydrogens (tertiary/aromatic N) is 4. The van der Waals surface area contributed by atoms with Crippen LogP contribution in [0.2, 0.25) is 0 Å². The van der Waals surface area contributed by atoms with Crippen molar-refractivity contribution in [2.24, 2.45) is 0 Å². The fourth-order valence-electron chi connectivity index (χ4n) is 11.2. The number of benzene rings is 9. The number of anilines is 2. The third-order valence-electron chi connectivity index (χ3n) is 15.1. The van der Waals surface area contributed by atoms with Gasteiger partial charge in [-0.3, -0.25) is 0 Å². The Morgan fingerprint density at radius 2 is 1.09 bits per heavy atom. The first-order valence-corrected chi connectivity index (χ1v) is 26.1. The van der Waals surface area contributed by atoms with Gasteiger partial charge in [-0.2, -0.15) is 12.1 Å². The van der Waals surface area contributed by atoms with Gasteiger partial charge in [0, 0.05) is 62.3 Å². The molecular formula is C72H61N4OPt-3. The molecule has 0 atom stereocenters. The molecule has 0 N–H and O–H groups in total. The molecule has 1 aliphatic rings. The zero-order valence-corrected chi connectivity index (χ0v) is 46.4. The van der Waals surface area contributed by atoms with Crippen molar-refractivity contribution in [3.05, 3.63) is 236 Å². The molecule has 9 aromatic carbocycles. The van der Waals surface area contributed by atoms with Crippen molar-refractivity contribution >= 4 is 76.5 Å². The molecular weight excluding hydrogens is 1130 g/mol. The molecule has 1 aliphatic heterocycles. The Labute approximate surface area is 485 Å². The fourth-order valence-corrected chi connectivity index (χ4v) is 11.2. The van der Waals surface area contributed by atoms with Gasteiger partial charge in [-0.05, 0) is 135 Å². The average molecular weight is 1200 g/mol. The minimum atomic E-state index is -3.49. The molecule has 4 heterocycles. The third-order valence-corrected chi connectivity index (χ3v) is 15.1. The van der Waals surface area contributed by atoms with Gasteiger partial charge < -0.3 is 18.8 Å². The van der Waals surface area contributed by atoms with Crippen LogP contribution in [0.25, 0.3) is 93.2 Å². The van der Waals surface area contributed by atoms with Crippen molar-refractivity contribution in [1.82, 2.24) is 14.1 Å².